The van der Waals surface area contributed by atoms with Gasteiger partial charge in [0.2, 0.25) is 0 Å². The molecule has 0 aromatic heterocycles. The number of nitrogens with one attached hydrogen (secondary N) is 1. The maximum absolute atomic E-state index is 10.8. The summed E-state index contributed by atoms with van der Waals surface area (Å²) >= 11 is 5.62. The Labute approximate surface area is 106 Å². The van der Waals surface area contributed by atoms with Gasteiger partial charge in [-0.25, -0.2) is 0 Å². The van der Waals surface area contributed by atoms with E-state index < -0.39 is 11.9 Å². The molecule has 0 heterocycles. The second kappa shape index (κ2) is 6.42. The Morgan fingerprint density at radius 1 is 1.47 bits per heavy atom. The predicted octanol–water partition coefficient (Wildman–Crippen LogP) is 2.72. The van der Waals surface area contributed by atoms with Gasteiger partial charge in [0.25, 0.3) is 0 Å². The molecule has 1 rings (SSSR count). The SMILES string of the molecule is C=C(Cl)CNCc1ccc(C(C)C(=O)O)cc1. The number of carboxylic acids is 1. The van der Waals surface area contributed by atoms with E-state index in [0.29, 0.717) is 18.1 Å². The minimum Gasteiger partial charge on any atom is -0.481 e. The maximum atomic E-state index is 10.8. The fraction of sp³-hybridized carbons (Fsp3) is 0.308. The zero-order valence-corrected chi connectivity index (χ0v) is 10.5. The Bertz CT molecular complexity index is 400. The van der Waals surface area contributed by atoms with Crippen molar-refractivity contribution in [1.29, 1.82) is 0 Å². The Morgan fingerprint density at radius 3 is 2.53 bits per heavy atom. The van der Waals surface area contributed by atoms with Gasteiger partial charge in [0.1, 0.15) is 0 Å². The lowest BCUT2D eigenvalue weighted by atomic mass is 10.0. The summed E-state index contributed by atoms with van der Waals surface area (Å²) in [5, 5.41) is 12.6. The number of carboxylic acid groups (broad SMARTS) is 1. The van der Waals surface area contributed by atoms with Crippen molar-refractivity contribution >= 4 is 17.6 Å². The van der Waals surface area contributed by atoms with Gasteiger partial charge in [-0.3, -0.25) is 4.79 Å². The summed E-state index contributed by atoms with van der Waals surface area (Å²) in [6.45, 7) is 6.51. The summed E-state index contributed by atoms with van der Waals surface area (Å²) < 4.78 is 0. The first kappa shape index (κ1) is 13.7. The fourth-order valence-electron chi connectivity index (χ4n) is 1.41. The average molecular weight is 254 g/mol. The Morgan fingerprint density at radius 2 is 2.06 bits per heavy atom. The van der Waals surface area contributed by atoms with Crippen molar-refractivity contribution in [3.8, 4) is 0 Å². The van der Waals surface area contributed by atoms with E-state index in [9.17, 15) is 4.79 Å². The van der Waals surface area contributed by atoms with Crippen LogP contribution in [0.5, 0.6) is 0 Å². The van der Waals surface area contributed by atoms with Crippen LogP contribution in [-0.2, 0) is 11.3 Å². The van der Waals surface area contributed by atoms with Crippen LogP contribution in [0, 0.1) is 0 Å². The Kier molecular flexibility index (Phi) is 5.19. The van der Waals surface area contributed by atoms with Crippen LogP contribution in [0.1, 0.15) is 24.0 Å². The quantitative estimate of drug-likeness (QED) is 0.820. The topological polar surface area (TPSA) is 49.3 Å². The summed E-state index contributed by atoms with van der Waals surface area (Å²) in [5.41, 5.74) is 1.90. The van der Waals surface area contributed by atoms with Crippen molar-refractivity contribution in [2.75, 3.05) is 6.54 Å². The molecule has 0 aliphatic carbocycles. The first-order valence-electron chi connectivity index (χ1n) is 5.36. The van der Waals surface area contributed by atoms with Gasteiger partial charge in [0, 0.05) is 18.1 Å². The van der Waals surface area contributed by atoms with Crippen molar-refractivity contribution < 1.29 is 9.90 Å². The molecule has 0 amide bonds. The maximum Gasteiger partial charge on any atom is 0.310 e. The lowest BCUT2D eigenvalue weighted by Crippen LogP contribution is -2.14. The molecule has 0 radical (unpaired) electrons. The number of hydrogen-bond acceptors (Lipinski definition) is 2. The van der Waals surface area contributed by atoms with E-state index in [0.717, 1.165) is 11.1 Å². The molecule has 2 N–H and O–H groups in total. The largest absolute Gasteiger partial charge is 0.481 e. The predicted molar refractivity (Wildman–Crippen MR) is 69.2 cm³/mol. The summed E-state index contributed by atoms with van der Waals surface area (Å²) in [6.07, 6.45) is 0. The molecule has 1 atom stereocenters. The lowest BCUT2D eigenvalue weighted by molar-refractivity contribution is -0.138. The van der Waals surface area contributed by atoms with E-state index in [1.807, 2.05) is 24.3 Å². The van der Waals surface area contributed by atoms with Crippen molar-refractivity contribution in [3.05, 3.63) is 47.0 Å². The Hall–Kier alpha value is -1.32. The van der Waals surface area contributed by atoms with Gasteiger partial charge in [-0.05, 0) is 18.1 Å². The molecule has 0 aliphatic heterocycles. The van der Waals surface area contributed by atoms with Crippen LogP contribution >= 0.6 is 11.6 Å². The molecular formula is C13H16ClNO2. The molecule has 1 aromatic rings. The molecule has 3 nitrogen and oxygen atoms in total. The van der Waals surface area contributed by atoms with Gasteiger partial charge >= 0.3 is 5.97 Å². The van der Waals surface area contributed by atoms with Gasteiger partial charge in [-0.1, -0.05) is 42.4 Å². The highest BCUT2D eigenvalue weighted by Crippen LogP contribution is 2.15. The summed E-state index contributed by atoms with van der Waals surface area (Å²) in [5.74, 6) is -1.28. The molecule has 1 unspecified atom stereocenters. The van der Waals surface area contributed by atoms with Crippen LogP contribution in [-0.4, -0.2) is 17.6 Å². The smallest absolute Gasteiger partial charge is 0.310 e. The highest BCUT2D eigenvalue weighted by molar-refractivity contribution is 6.29. The number of rotatable bonds is 6. The zero-order chi connectivity index (χ0) is 12.8. The summed E-state index contributed by atoms with van der Waals surface area (Å²) in [7, 11) is 0. The van der Waals surface area contributed by atoms with Crippen LogP contribution < -0.4 is 5.32 Å². The number of aliphatic carboxylic acids is 1. The van der Waals surface area contributed by atoms with Crippen molar-refractivity contribution in [2.45, 2.75) is 19.4 Å². The summed E-state index contributed by atoms with van der Waals surface area (Å²) in [6, 6.07) is 7.51. The fourth-order valence-corrected chi connectivity index (χ4v) is 1.50. The number of hydrogen-bond donors (Lipinski definition) is 2. The third kappa shape index (κ3) is 4.59. The van der Waals surface area contributed by atoms with Crippen LogP contribution in [0.2, 0.25) is 0 Å². The number of halogens is 1. The average Bonchev–Trinajstić information content (AvgIpc) is 2.28. The Balaban J connectivity index is 2.56. The van der Waals surface area contributed by atoms with Gasteiger partial charge in [0.15, 0.2) is 0 Å². The van der Waals surface area contributed by atoms with Crippen molar-refractivity contribution in [2.24, 2.45) is 0 Å². The van der Waals surface area contributed by atoms with Gasteiger partial charge in [0.05, 0.1) is 5.92 Å². The van der Waals surface area contributed by atoms with Crippen LogP contribution in [0.25, 0.3) is 0 Å². The molecule has 0 saturated carbocycles. The van der Waals surface area contributed by atoms with Crippen molar-refractivity contribution in [1.82, 2.24) is 5.32 Å². The number of benzene rings is 1. The monoisotopic (exact) mass is 253 g/mol. The van der Waals surface area contributed by atoms with Gasteiger partial charge in [-0.15, -0.1) is 0 Å². The van der Waals surface area contributed by atoms with E-state index in [4.69, 9.17) is 16.7 Å². The molecule has 0 bridgehead atoms. The minimum atomic E-state index is -0.811. The van der Waals surface area contributed by atoms with E-state index in [1.165, 1.54) is 0 Å². The number of carbonyl (C=O) groups is 1. The van der Waals surface area contributed by atoms with Crippen molar-refractivity contribution in [3.63, 3.8) is 0 Å². The minimum absolute atomic E-state index is 0.473. The molecule has 92 valence electrons. The molecular weight excluding hydrogens is 238 g/mol. The molecule has 1 aromatic carbocycles. The second-order valence-electron chi connectivity index (χ2n) is 3.92. The molecule has 0 fully saturated rings. The third-order valence-electron chi connectivity index (χ3n) is 2.50. The van der Waals surface area contributed by atoms with E-state index >= 15 is 0 Å². The molecule has 0 spiro atoms. The van der Waals surface area contributed by atoms with Gasteiger partial charge in [-0.2, -0.15) is 0 Å². The second-order valence-corrected chi connectivity index (χ2v) is 4.46. The van der Waals surface area contributed by atoms with E-state index in [-0.39, 0.29) is 0 Å². The van der Waals surface area contributed by atoms with E-state index in [1.54, 1.807) is 6.92 Å². The van der Waals surface area contributed by atoms with Crippen LogP contribution in [0.4, 0.5) is 0 Å². The van der Waals surface area contributed by atoms with Crippen LogP contribution in [0.15, 0.2) is 35.9 Å². The zero-order valence-electron chi connectivity index (χ0n) is 9.74. The molecule has 4 heteroatoms. The van der Waals surface area contributed by atoms with Gasteiger partial charge < -0.3 is 10.4 Å². The highest BCUT2D eigenvalue weighted by atomic mass is 35.5. The highest BCUT2D eigenvalue weighted by Gasteiger charge is 2.12. The first-order valence-corrected chi connectivity index (χ1v) is 5.74. The molecule has 17 heavy (non-hydrogen) atoms. The molecule has 0 saturated heterocycles. The first-order chi connectivity index (χ1) is 8.00. The van der Waals surface area contributed by atoms with E-state index in [2.05, 4.69) is 11.9 Å². The molecule has 0 aliphatic rings. The third-order valence-corrected chi connectivity index (χ3v) is 2.63. The summed E-state index contributed by atoms with van der Waals surface area (Å²) in [4.78, 5) is 10.8. The standard InChI is InChI=1S/C13H16ClNO2/c1-9(14)7-15-8-11-3-5-12(6-4-11)10(2)13(16)17/h3-6,10,15H,1,7-8H2,2H3,(H,16,17). The van der Waals surface area contributed by atoms with Crippen LogP contribution in [0.3, 0.4) is 0 Å². The lowest BCUT2D eigenvalue weighted by Gasteiger charge is -2.08. The normalized spacial score (nSPS) is 12.1.